The Kier molecular flexibility index (Phi) is 9.62. The van der Waals surface area contributed by atoms with Crippen molar-refractivity contribution in [1.29, 1.82) is 0 Å². The fourth-order valence-electron chi connectivity index (χ4n) is 5.07. The van der Waals surface area contributed by atoms with Gasteiger partial charge in [-0.15, -0.1) is 0 Å². The zero-order valence-electron chi connectivity index (χ0n) is 25.4. The summed E-state index contributed by atoms with van der Waals surface area (Å²) in [5.41, 5.74) is 9.13. The molecule has 2 heterocycles. The maximum absolute atomic E-state index is 14.2. The number of aromatic nitrogens is 2. The van der Waals surface area contributed by atoms with Gasteiger partial charge in [-0.05, 0) is 68.1 Å². The molecule has 11 heteroatoms. The van der Waals surface area contributed by atoms with Crippen LogP contribution in [0.25, 0.3) is 11.1 Å². The molecule has 3 aromatic rings. The first kappa shape index (κ1) is 31.8. The van der Waals surface area contributed by atoms with E-state index >= 15 is 0 Å². The van der Waals surface area contributed by atoms with E-state index in [-0.39, 0.29) is 24.0 Å². The number of anilines is 1. The van der Waals surface area contributed by atoms with Gasteiger partial charge in [-0.1, -0.05) is 30.2 Å². The SMILES string of the molecule is CNc1c(C(N)=NC(C)=O)c(C#Cc2cc(-c3ccc(CN4CCN(C)CC4)c(C(F)(F)F)c3)ccc2C)nn1C(C)C. The van der Waals surface area contributed by atoms with Gasteiger partial charge in [0.25, 0.3) is 0 Å². The van der Waals surface area contributed by atoms with Crippen LogP contribution in [0.1, 0.15) is 60.3 Å². The minimum atomic E-state index is -4.48. The van der Waals surface area contributed by atoms with Crippen molar-refractivity contribution in [2.24, 2.45) is 10.7 Å². The summed E-state index contributed by atoms with van der Waals surface area (Å²) in [5, 5.41) is 7.68. The molecular weight excluding hydrogens is 555 g/mol. The molecule has 0 unspecified atom stereocenters. The average Bonchev–Trinajstić information content (AvgIpc) is 3.32. The molecule has 1 aliphatic heterocycles. The number of rotatable bonds is 6. The van der Waals surface area contributed by atoms with Crippen LogP contribution in [0.4, 0.5) is 19.0 Å². The van der Waals surface area contributed by atoms with E-state index in [1.165, 1.54) is 13.0 Å². The number of alkyl halides is 3. The summed E-state index contributed by atoms with van der Waals surface area (Å²) in [5.74, 6) is 6.30. The van der Waals surface area contributed by atoms with Crippen molar-refractivity contribution in [3.63, 3.8) is 0 Å². The zero-order chi connectivity index (χ0) is 31.5. The molecule has 0 bridgehead atoms. The third-order valence-corrected chi connectivity index (χ3v) is 7.46. The molecular formula is C32H38F3N7O. The van der Waals surface area contributed by atoms with Crippen LogP contribution >= 0.6 is 0 Å². The van der Waals surface area contributed by atoms with E-state index in [2.05, 4.69) is 37.0 Å². The number of hydrogen-bond donors (Lipinski definition) is 2. The Morgan fingerprint density at radius 3 is 2.35 bits per heavy atom. The largest absolute Gasteiger partial charge is 0.416 e. The normalized spacial score (nSPS) is 15.0. The number of amidine groups is 1. The van der Waals surface area contributed by atoms with Gasteiger partial charge in [0.05, 0.1) is 11.1 Å². The molecule has 1 aliphatic rings. The number of nitrogens with zero attached hydrogens (tertiary/aromatic N) is 5. The highest BCUT2D eigenvalue weighted by molar-refractivity contribution is 6.08. The predicted octanol–water partition coefficient (Wildman–Crippen LogP) is 4.90. The number of nitrogens with one attached hydrogen (secondary N) is 1. The summed E-state index contributed by atoms with van der Waals surface area (Å²) in [7, 11) is 3.74. The maximum atomic E-state index is 14.2. The van der Waals surface area contributed by atoms with Crippen molar-refractivity contribution in [3.05, 3.63) is 69.9 Å². The number of carbonyl (C=O) groups excluding carboxylic acids is 1. The first-order valence-electron chi connectivity index (χ1n) is 14.2. The van der Waals surface area contributed by atoms with Crippen LogP contribution in [0.2, 0.25) is 0 Å². The van der Waals surface area contributed by atoms with E-state index in [1.807, 2.05) is 33.9 Å². The molecule has 43 heavy (non-hydrogen) atoms. The van der Waals surface area contributed by atoms with Crippen LogP contribution in [0.5, 0.6) is 0 Å². The van der Waals surface area contributed by atoms with Gasteiger partial charge < -0.3 is 16.0 Å². The number of halogens is 3. The fraction of sp³-hybridized carbons (Fsp3) is 0.406. The molecule has 0 atom stereocenters. The second-order valence-electron chi connectivity index (χ2n) is 11.1. The van der Waals surface area contributed by atoms with Crippen molar-refractivity contribution in [3.8, 4) is 23.0 Å². The van der Waals surface area contributed by atoms with Crippen molar-refractivity contribution in [2.45, 2.75) is 46.5 Å². The number of nitrogens with two attached hydrogens (primary N) is 1. The fourth-order valence-corrected chi connectivity index (χ4v) is 5.07. The Morgan fingerprint density at radius 2 is 1.74 bits per heavy atom. The van der Waals surface area contributed by atoms with Gasteiger partial charge in [-0.3, -0.25) is 9.69 Å². The van der Waals surface area contributed by atoms with Crippen molar-refractivity contribution < 1.29 is 18.0 Å². The molecule has 4 rings (SSSR count). The highest BCUT2D eigenvalue weighted by atomic mass is 19.4. The predicted molar refractivity (Wildman–Crippen MR) is 164 cm³/mol. The Bertz CT molecular complexity index is 1590. The van der Waals surface area contributed by atoms with Crippen LogP contribution in [0.15, 0.2) is 41.4 Å². The van der Waals surface area contributed by atoms with Gasteiger partial charge in [0.2, 0.25) is 5.91 Å². The number of likely N-dealkylation sites (N-methyl/N-ethyl adjacent to an activating group) is 1. The molecule has 0 saturated carbocycles. The average molecular weight is 594 g/mol. The lowest BCUT2D eigenvalue weighted by molar-refractivity contribution is -0.138. The van der Waals surface area contributed by atoms with Crippen molar-refractivity contribution in [1.82, 2.24) is 19.6 Å². The van der Waals surface area contributed by atoms with E-state index in [0.717, 1.165) is 31.7 Å². The third kappa shape index (κ3) is 7.45. The smallest absolute Gasteiger partial charge is 0.383 e. The minimum Gasteiger partial charge on any atom is -0.383 e. The first-order chi connectivity index (χ1) is 20.3. The lowest BCUT2D eigenvalue weighted by Crippen LogP contribution is -2.44. The Labute approximate surface area is 250 Å². The number of carbonyl (C=O) groups is 1. The van der Waals surface area contributed by atoms with Crippen LogP contribution < -0.4 is 11.1 Å². The monoisotopic (exact) mass is 593 g/mol. The number of benzene rings is 2. The highest BCUT2D eigenvalue weighted by Gasteiger charge is 2.34. The van der Waals surface area contributed by atoms with Crippen molar-refractivity contribution >= 4 is 17.6 Å². The summed E-state index contributed by atoms with van der Waals surface area (Å²) in [6.07, 6.45) is -4.48. The Balaban J connectivity index is 1.73. The first-order valence-corrected chi connectivity index (χ1v) is 14.2. The molecule has 0 spiro atoms. The molecule has 1 amide bonds. The van der Waals surface area contributed by atoms with Gasteiger partial charge in [0.15, 0.2) is 0 Å². The second-order valence-corrected chi connectivity index (χ2v) is 11.1. The topological polar surface area (TPSA) is 91.8 Å². The summed E-state index contributed by atoms with van der Waals surface area (Å²) in [6, 6.07) is 9.94. The number of aliphatic imine (C=N–C) groups is 1. The van der Waals surface area contributed by atoms with Crippen LogP contribution in [0.3, 0.4) is 0 Å². The molecule has 1 saturated heterocycles. The van der Waals surface area contributed by atoms with Crippen LogP contribution in [-0.4, -0.2) is 71.6 Å². The van der Waals surface area contributed by atoms with Gasteiger partial charge >= 0.3 is 6.18 Å². The summed E-state index contributed by atoms with van der Waals surface area (Å²) >= 11 is 0. The minimum absolute atomic E-state index is 0.00475. The molecule has 1 aromatic heterocycles. The van der Waals surface area contributed by atoms with Crippen molar-refractivity contribution in [2.75, 3.05) is 45.6 Å². The highest BCUT2D eigenvalue weighted by Crippen LogP contribution is 2.36. The quantitative estimate of drug-likeness (QED) is 0.240. The van der Waals surface area contributed by atoms with E-state index < -0.39 is 17.6 Å². The van der Waals surface area contributed by atoms with E-state index in [0.29, 0.717) is 33.8 Å². The van der Waals surface area contributed by atoms with Crippen LogP contribution in [0, 0.1) is 18.8 Å². The standard InChI is InChI=1S/C32H38F3N7O/c1-20(2)42-31(37-5)29(30(36)38-22(4)43)28(39-42)12-11-23-17-24(8-7-21(23)3)25-9-10-26(27(18-25)32(33,34)35)19-41-15-13-40(6)14-16-41/h7-10,17-18,20,37H,13-16,19H2,1-6H3,(H2,36,38,43). The number of hydrogen-bond acceptors (Lipinski definition) is 5. The van der Waals surface area contributed by atoms with Gasteiger partial charge in [0, 0.05) is 58.3 Å². The Hall–Kier alpha value is -4.14. The Morgan fingerprint density at radius 1 is 1.09 bits per heavy atom. The lowest BCUT2D eigenvalue weighted by Gasteiger charge is -2.33. The molecule has 1 fully saturated rings. The van der Waals surface area contributed by atoms with Gasteiger partial charge in [0.1, 0.15) is 17.3 Å². The molecule has 8 nitrogen and oxygen atoms in total. The number of amides is 1. The second kappa shape index (κ2) is 13.0. The van der Waals surface area contributed by atoms with Gasteiger partial charge in [-0.25, -0.2) is 4.68 Å². The molecule has 0 radical (unpaired) electrons. The summed E-state index contributed by atoms with van der Waals surface area (Å²) in [6.45, 7) is 10.5. The molecule has 3 N–H and O–H groups in total. The number of aryl methyl sites for hydroxylation is 1. The third-order valence-electron chi connectivity index (χ3n) is 7.46. The molecule has 228 valence electrons. The van der Waals surface area contributed by atoms with E-state index in [1.54, 1.807) is 36.0 Å². The summed E-state index contributed by atoms with van der Waals surface area (Å²) in [4.78, 5) is 19.8. The lowest BCUT2D eigenvalue weighted by atomic mass is 9.95. The van der Waals surface area contributed by atoms with Gasteiger partial charge in [-0.2, -0.15) is 23.3 Å². The van der Waals surface area contributed by atoms with Crippen LogP contribution in [-0.2, 0) is 17.5 Å². The summed E-state index contributed by atoms with van der Waals surface area (Å²) < 4.78 is 44.3. The molecule has 2 aromatic carbocycles. The van der Waals surface area contributed by atoms with E-state index in [9.17, 15) is 18.0 Å². The molecule has 0 aliphatic carbocycles. The maximum Gasteiger partial charge on any atom is 0.416 e. The number of piperazine rings is 1. The zero-order valence-corrected chi connectivity index (χ0v) is 25.4. The van der Waals surface area contributed by atoms with E-state index in [4.69, 9.17) is 5.73 Å².